The van der Waals surface area contributed by atoms with Crippen molar-refractivity contribution in [2.75, 3.05) is 13.1 Å². The molecule has 0 aliphatic rings. The van der Waals surface area contributed by atoms with Gasteiger partial charge in [-0.05, 0) is 43.6 Å². The molecule has 3 nitrogen and oxygen atoms in total. The molecule has 0 saturated heterocycles. The summed E-state index contributed by atoms with van der Waals surface area (Å²) in [5, 5.41) is 8.55. The first-order chi connectivity index (χ1) is 9.56. The van der Waals surface area contributed by atoms with Crippen LogP contribution in [0.2, 0.25) is 0 Å². The van der Waals surface area contributed by atoms with Gasteiger partial charge in [0, 0.05) is 18.2 Å². The number of hydrogen-bond donors (Lipinski definition) is 1. The molecule has 1 rings (SSSR count). The highest BCUT2D eigenvalue weighted by atomic mass is 19.1. The van der Waals surface area contributed by atoms with E-state index in [0.717, 1.165) is 32.0 Å². The molecule has 0 spiro atoms. The molecule has 4 heteroatoms. The highest BCUT2D eigenvalue weighted by Crippen LogP contribution is 2.14. The van der Waals surface area contributed by atoms with Crippen LogP contribution in [0.4, 0.5) is 4.39 Å². The molecule has 110 valence electrons. The number of hydrogen-bond acceptors (Lipinski definition) is 2. The third kappa shape index (κ3) is 5.53. The Morgan fingerprint density at radius 3 is 2.45 bits per heavy atom. The Balaban J connectivity index is 2.78. The minimum Gasteiger partial charge on any atom is -0.478 e. The minimum absolute atomic E-state index is 0.283. The largest absolute Gasteiger partial charge is 0.478 e. The molecule has 0 amide bonds. The highest BCUT2D eigenvalue weighted by Gasteiger charge is 2.08. The van der Waals surface area contributed by atoms with Crippen molar-refractivity contribution >= 4 is 12.0 Å². The molecule has 0 aliphatic carbocycles. The summed E-state index contributed by atoms with van der Waals surface area (Å²) >= 11 is 0. The summed E-state index contributed by atoms with van der Waals surface area (Å²) in [6.07, 6.45) is 4.49. The standard InChI is InChI=1S/C16H22FNO2/c1-3-9-18(10-4-2)12-14-7-5-13(11-15(14)17)6-8-16(19)20/h5-8,11H,3-4,9-10,12H2,1-2H3,(H,19,20). The summed E-state index contributed by atoms with van der Waals surface area (Å²) in [6, 6.07) is 4.86. The lowest BCUT2D eigenvalue weighted by molar-refractivity contribution is -0.131. The maximum atomic E-state index is 14.0. The van der Waals surface area contributed by atoms with Gasteiger partial charge < -0.3 is 5.11 Å². The summed E-state index contributed by atoms with van der Waals surface area (Å²) in [7, 11) is 0. The van der Waals surface area contributed by atoms with Gasteiger partial charge in [0.25, 0.3) is 0 Å². The molecule has 0 unspecified atom stereocenters. The average molecular weight is 279 g/mol. The smallest absolute Gasteiger partial charge is 0.328 e. The van der Waals surface area contributed by atoms with Crippen LogP contribution in [0.25, 0.3) is 6.08 Å². The second-order valence-corrected chi connectivity index (χ2v) is 4.80. The van der Waals surface area contributed by atoms with Crippen LogP contribution in [-0.4, -0.2) is 29.1 Å². The van der Waals surface area contributed by atoms with Crippen molar-refractivity contribution < 1.29 is 14.3 Å². The number of carboxylic acid groups (broad SMARTS) is 1. The van der Waals surface area contributed by atoms with E-state index in [4.69, 9.17) is 5.11 Å². The SMILES string of the molecule is CCCN(CCC)Cc1ccc(C=CC(=O)O)cc1F. The third-order valence-electron chi connectivity index (χ3n) is 2.97. The third-order valence-corrected chi connectivity index (χ3v) is 2.97. The first-order valence-electron chi connectivity index (χ1n) is 6.98. The van der Waals surface area contributed by atoms with E-state index in [9.17, 15) is 9.18 Å². The first kappa shape index (κ1) is 16.4. The number of carbonyl (C=O) groups is 1. The van der Waals surface area contributed by atoms with Gasteiger partial charge in [0.2, 0.25) is 0 Å². The maximum absolute atomic E-state index is 14.0. The fourth-order valence-electron chi connectivity index (χ4n) is 2.11. The van der Waals surface area contributed by atoms with Crippen LogP contribution in [0.5, 0.6) is 0 Å². The second-order valence-electron chi connectivity index (χ2n) is 4.80. The monoisotopic (exact) mass is 279 g/mol. The van der Waals surface area contributed by atoms with Gasteiger partial charge in [-0.25, -0.2) is 9.18 Å². The molecule has 20 heavy (non-hydrogen) atoms. The van der Waals surface area contributed by atoms with E-state index in [0.29, 0.717) is 17.7 Å². The Labute approximate surface area is 119 Å². The van der Waals surface area contributed by atoms with Gasteiger partial charge in [-0.3, -0.25) is 4.90 Å². The Kier molecular flexibility index (Phi) is 6.94. The molecule has 0 atom stereocenters. The fourth-order valence-corrected chi connectivity index (χ4v) is 2.11. The van der Waals surface area contributed by atoms with Crippen LogP contribution in [0.3, 0.4) is 0 Å². The van der Waals surface area contributed by atoms with Crippen LogP contribution in [0.1, 0.15) is 37.8 Å². The van der Waals surface area contributed by atoms with Gasteiger partial charge in [0.15, 0.2) is 0 Å². The van der Waals surface area contributed by atoms with Gasteiger partial charge in [-0.1, -0.05) is 26.0 Å². The van der Waals surface area contributed by atoms with Gasteiger partial charge >= 0.3 is 5.97 Å². The highest BCUT2D eigenvalue weighted by molar-refractivity contribution is 5.85. The Morgan fingerprint density at radius 1 is 1.30 bits per heavy atom. The van der Waals surface area contributed by atoms with Crippen LogP contribution < -0.4 is 0 Å². The Hall–Kier alpha value is -1.68. The van der Waals surface area contributed by atoms with E-state index in [2.05, 4.69) is 18.7 Å². The van der Waals surface area contributed by atoms with Gasteiger partial charge in [-0.2, -0.15) is 0 Å². The minimum atomic E-state index is -1.04. The van der Waals surface area contributed by atoms with Crippen molar-refractivity contribution in [3.63, 3.8) is 0 Å². The van der Waals surface area contributed by atoms with Gasteiger partial charge in [-0.15, -0.1) is 0 Å². The fraction of sp³-hybridized carbons (Fsp3) is 0.438. The molecule has 1 aromatic rings. The van der Waals surface area contributed by atoms with Crippen molar-refractivity contribution in [1.82, 2.24) is 4.90 Å². The molecule has 0 radical (unpaired) electrons. The lowest BCUT2D eigenvalue weighted by atomic mass is 10.1. The molecule has 0 fully saturated rings. The van der Waals surface area contributed by atoms with Crippen molar-refractivity contribution in [1.29, 1.82) is 0 Å². The van der Waals surface area contributed by atoms with Crippen molar-refractivity contribution in [3.8, 4) is 0 Å². The maximum Gasteiger partial charge on any atom is 0.328 e. The number of rotatable bonds is 8. The van der Waals surface area contributed by atoms with Crippen molar-refractivity contribution in [2.24, 2.45) is 0 Å². The van der Waals surface area contributed by atoms with Crippen LogP contribution in [0.15, 0.2) is 24.3 Å². The van der Waals surface area contributed by atoms with Gasteiger partial charge in [0.1, 0.15) is 5.82 Å². The number of aliphatic carboxylic acids is 1. The van der Waals surface area contributed by atoms with Crippen LogP contribution >= 0.6 is 0 Å². The molecule has 1 aromatic carbocycles. The summed E-state index contributed by atoms with van der Waals surface area (Å²) < 4.78 is 14.0. The molecule has 0 heterocycles. The summed E-state index contributed by atoms with van der Waals surface area (Å²) in [4.78, 5) is 12.7. The second kappa shape index (κ2) is 8.48. The van der Waals surface area contributed by atoms with Crippen LogP contribution in [-0.2, 0) is 11.3 Å². The topological polar surface area (TPSA) is 40.5 Å². The van der Waals surface area contributed by atoms with E-state index >= 15 is 0 Å². The Bertz CT molecular complexity index is 466. The zero-order valence-electron chi connectivity index (χ0n) is 12.1. The van der Waals surface area contributed by atoms with Crippen molar-refractivity contribution in [3.05, 3.63) is 41.2 Å². The lowest BCUT2D eigenvalue weighted by Gasteiger charge is -2.21. The van der Waals surface area contributed by atoms with E-state index in [1.165, 1.54) is 12.1 Å². The van der Waals surface area contributed by atoms with E-state index in [1.807, 2.05) is 0 Å². The molecule has 0 aromatic heterocycles. The summed E-state index contributed by atoms with van der Waals surface area (Å²) in [5.74, 6) is -1.32. The molecule has 0 aliphatic heterocycles. The predicted molar refractivity (Wildman–Crippen MR) is 78.9 cm³/mol. The molecule has 0 saturated carbocycles. The number of nitrogens with zero attached hydrogens (tertiary/aromatic N) is 1. The number of benzene rings is 1. The molecular weight excluding hydrogens is 257 g/mol. The summed E-state index contributed by atoms with van der Waals surface area (Å²) in [6.45, 7) is 6.72. The van der Waals surface area contributed by atoms with E-state index in [1.54, 1.807) is 12.1 Å². The average Bonchev–Trinajstić information content (AvgIpc) is 2.39. The van der Waals surface area contributed by atoms with Crippen molar-refractivity contribution in [2.45, 2.75) is 33.2 Å². The van der Waals surface area contributed by atoms with E-state index in [-0.39, 0.29) is 5.82 Å². The van der Waals surface area contributed by atoms with Gasteiger partial charge in [0.05, 0.1) is 0 Å². The number of halogens is 1. The van der Waals surface area contributed by atoms with Crippen LogP contribution in [0, 0.1) is 5.82 Å². The summed E-state index contributed by atoms with van der Waals surface area (Å²) in [5.41, 5.74) is 1.21. The molecule has 0 bridgehead atoms. The normalized spacial score (nSPS) is 11.4. The first-order valence-corrected chi connectivity index (χ1v) is 6.98. The Morgan fingerprint density at radius 2 is 1.95 bits per heavy atom. The zero-order valence-corrected chi connectivity index (χ0v) is 12.1. The predicted octanol–water partition coefficient (Wildman–Crippen LogP) is 3.55. The molecule has 1 N–H and O–H groups in total. The number of carboxylic acids is 1. The quantitative estimate of drug-likeness (QED) is 0.740. The molecular formula is C16H22FNO2. The lowest BCUT2D eigenvalue weighted by Crippen LogP contribution is -2.25. The zero-order chi connectivity index (χ0) is 15.0. The van der Waals surface area contributed by atoms with E-state index < -0.39 is 5.97 Å².